The van der Waals surface area contributed by atoms with E-state index in [0.717, 1.165) is 72.2 Å². The fourth-order valence-corrected chi connectivity index (χ4v) is 8.36. The first-order valence-electron chi connectivity index (χ1n) is 17.3. The zero-order chi connectivity index (χ0) is 34.4. The number of likely N-dealkylation sites (N-methyl/N-ethyl adjacent to an activating group) is 1. The molecule has 3 aliphatic rings. The molecule has 6 rings (SSSR count). The summed E-state index contributed by atoms with van der Waals surface area (Å²) in [5.74, 6) is 0.482. The SMILES string of the molecule is CCN(C)CCOCN(C)C(=O)C12CC1c1cc(OC)ccc1-c1c(C3CCCCC3)c3ccc(C(=O)NS(=O)(=O)C(C)C)cc3n1C2. The molecule has 1 aromatic heterocycles. The number of carbonyl (C=O) groups is 2. The summed E-state index contributed by atoms with van der Waals surface area (Å²) in [5, 5.41) is 0.313. The zero-order valence-corrected chi connectivity index (χ0v) is 30.0. The Balaban J connectivity index is 1.48. The Kier molecular flexibility index (Phi) is 9.67. The molecular formula is C37H50N4O6S. The van der Waals surface area contributed by atoms with Gasteiger partial charge in [-0.3, -0.25) is 9.59 Å². The molecule has 2 atom stereocenters. The van der Waals surface area contributed by atoms with E-state index in [0.29, 0.717) is 25.5 Å². The number of sulfonamides is 1. The predicted octanol–water partition coefficient (Wildman–Crippen LogP) is 5.70. The summed E-state index contributed by atoms with van der Waals surface area (Å²) >= 11 is 0. The molecule has 2 heterocycles. The number of hydrogen-bond acceptors (Lipinski definition) is 7. The normalized spacial score (nSPS) is 20.6. The van der Waals surface area contributed by atoms with Crippen LogP contribution >= 0.6 is 0 Å². The molecule has 2 saturated carbocycles. The highest BCUT2D eigenvalue weighted by Gasteiger charge is 2.63. The number of ether oxygens (including phenoxy) is 2. The molecule has 260 valence electrons. The number of nitrogens with zero attached hydrogens (tertiary/aromatic N) is 3. The molecule has 1 aliphatic heterocycles. The van der Waals surface area contributed by atoms with Crippen molar-refractivity contribution in [1.29, 1.82) is 0 Å². The monoisotopic (exact) mass is 678 g/mol. The molecular weight excluding hydrogens is 628 g/mol. The average Bonchev–Trinajstić information content (AvgIpc) is 3.75. The summed E-state index contributed by atoms with van der Waals surface area (Å²) in [6, 6.07) is 11.7. The van der Waals surface area contributed by atoms with E-state index in [1.165, 1.54) is 12.0 Å². The maximum Gasteiger partial charge on any atom is 0.264 e. The van der Waals surface area contributed by atoms with Crippen LogP contribution in [0.1, 0.15) is 92.6 Å². The van der Waals surface area contributed by atoms with Gasteiger partial charge in [-0.05, 0) is 94.1 Å². The van der Waals surface area contributed by atoms with Crippen LogP contribution in [0.2, 0.25) is 0 Å². The second kappa shape index (κ2) is 13.5. The molecule has 0 radical (unpaired) electrons. The Hall–Kier alpha value is -3.41. The van der Waals surface area contributed by atoms with Crippen molar-refractivity contribution < 1.29 is 27.5 Å². The summed E-state index contributed by atoms with van der Waals surface area (Å²) in [7, 11) is 1.71. The lowest BCUT2D eigenvalue weighted by Crippen LogP contribution is -2.39. The Bertz CT molecular complexity index is 1810. The van der Waals surface area contributed by atoms with E-state index in [1.807, 2.05) is 32.3 Å². The Morgan fingerprint density at radius 3 is 2.52 bits per heavy atom. The third-order valence-electron chi connectivity index (χ3n) is 10.9. The largest absolute Gasteiger partial charge is 0.497 e. The molecule has 0 bridgehead atoms. The molecule has 11 heteroatoms. The minimum Gasteiger partial charge on any atom is -0.497 e. The summed E-state index contributed by atoms with van der Waals surface area (Å²) < 4.78 is 41.4. The number of aromatic nitrogens is 1. The van der Waals surface area contributed by atoms with Gasteiger partial charge in [0.25, 0.3) is 5.91 Å². The zero-order valence-electron chi connectivity index (χ0n) is 29.2. The fourth-order valence-electron chi connectivity index (χ4n) is 7.75. The molecule has 10 nitrogen and oxygen atoms in total. The third-order valence-corrected chi connectivity index (χ3v) is 12.6. The van der Waals surface area contributed by atoms with Gasteiger partial charge in [-0.1, -0.05) is 32.3 Å². The second-order valence-corrected chi connectivity index (χ2v) is 16.5. The van der Waals surface area contributed by atoms with Gasteiger partial charge in [-0.2, -0.15) is 0 Å². The number of rotatable bonds is 12. The third kappa shape index (κ3) is 6.25. The number of hydrogen-bond donors (Lipinski definition) is 1. The fraction of sp³-hybridized carbons (Fsp3) is 0.568. The van der Waals surface area contributed by atoms with Crippen LogP contribution in [0, 0.1) is 5.41 Å². The lowest BCUT2D eigenvalue weighted by atomic mass is 9.81. The lowest BCUT2D eigenvalue weighted by Gasteiger charge is -2.26. The van der Waals surface area contributed by atoms with Gasteiger partial charge in [0, 0.05) is 48.1 Å². The summed E-state index contributed by atoms with van der Waals surface area (Å²) in [5.41, 5.74) is 5.00. The molecule has 2 aromatic carbocycles. The van der Waals surface area contributed by atoms with Crippen LogP contribution in [0.4, 0.5) is 0 Å². The van der Waals surface area contributed by atoms with Gasteiger partial charge in [-0.25, -0.2) is 13.1 Å². The first-order chi connectivity index (χ1) is 22.9. The van der Waals surface area contributed by atoms with Crippen LogP contribution in [-0.2, 0) is 26.1 Å². The van der Waals surface area contributed by atoms with Gasteiger partial charge in [0.1, 0.15) is 12.5 Å². The van der Waals surface area contributed by atoms with Gasteiger partial charge in [0.15, 0.2) is 0 Å². The lowest BCUT2D eigenvalue weighted by molar-refractivity contribution is -0.141. The molecule has 2 aliphatic carbocycles. The highest BCUT2D eigenvalue weighted by atomic mass is 32.2. The van der Waals surface area contributed by atoms with E-state index in [9.17, 15) is 18.0 Å². The maximum absolute atomic E-state index is 14.5. The van der Waals surface area contributed by atoms with E-state index in [4.69, 9.17) is 9.47 Å². The van der Waals surface area contributed by atoms with Crippen molar-refractivity contribution in [3.63, 3.8) is 0 Å². The van der Waals surface area contributed by atoms with Crippen LogP contribution in [0.5, 0.6) is 5.75 Å². The van der Waals surface area contributed by atoms with E-state index in [2.05, 4.69) is 33.2 Å². The van der Waals surface area contributed by atoms with Gasteiger partial charge in [0.2, 0.25) is 15.9 Å². The van der Waals surface area contributed by atoms with Crippen LogP contribution in [0.25, 0.3) is 22.2 Å². The molecule has 2 amide bonds. The van der Waals surface area contributed by atoms with Crippen LogP contribution < -0.4 is 9.46 Å². The van der Waals surface area contributed by atoms with Gasteiger partial charge >= 0.3 is 0 Å². The topological polar surface area (TPSA) is 110 Å². The summed E-state index contributed by atoms with van der Waals surface area (Å²) in [4.78, 5) is 31.7. The molecule has 0 saturated heterocycles. The smallest absolute Gasteiger partial charge is 0.264 e. The second-order valence-electron chi connectivity index (χ2n) is 14.2. The Morgan fingerprint density at radius 1 is 1.08 bits per heavy atom. The van der Waals surface area contributed by atoms with E-state index in [1.54, 1.807) is 31.9 Å². The van der Waals surface area contributed by atoms with Gasteiger partial charge < -0.3 is 23.8 Å². The highest BCUT2D eigenvalue weighted by molar-refractivity contribution is 7.90. The predicted molar refractivity (Wildman–Crippen MR) is 188 cm³/mol. The van der Waals surface area contributed by atoms with Crippen molar-refractivity contribution in [2.24, 2.45) is 5.41 Å². The van der Waals surface area contributed by atoms with E-state index < -0.39 is 26.6 Å². The van der Waals surface area contributed by atoms with Crippen molar-refractivity contribution in [2.75, 3.05) is 47.6 Å². The Morgan fingerprint density at radius 2 is 1.83 bits per heavy atom. The number of amides is 2. The average molecular weight is 679 g/mol. The first-order valence-corrected chi connectivity index (χ1v) is 18.9. The first kappa shape index (κ1) is 34.5. The highest BCUT2D eigenvalue weighted by Crippen LogP contribution is 2.66. The molecule has 3 aromatic rings. The molecule has 48 heavy (non-hydrogen) atoms. The van der Waals surface area contributed by atoms with Crippen molar-refractivity contribution in [2.45, 2.75) is 82.9 Å². The Labute approximate surface area is 284 Å². The molecule has 2 fully saturated rings. The summed E-state index contributed by atoms with van der Waals surface area (Å²) in [6.45, 7) is 8.10. The van der Waals surface area contributed by atoms with Crippen LogP contribution in [0.3, 0.4) is 0 Å². The van der Waals surface area contributed by atoms with Gasteiger partial charge in [0.05, 0.1) is 30.1 Å². The molecule has 1 N–H and O–H groups in total. The van der Waals surface area contributed by atoms with Crippen molar-refractivity contribution in [1.82, 2.24) is 19.1 Å². The number of carbonyl (C=O) groups excluding carboxylic acids is 2. The van der Waals surface area contributed by atoms with Crippen molar-refractivity contribution >= 4 is 32.7 Å². The van der Waals surface area contributed by atoms with Gasteiger partial charge in [-0.15, -0.1) is 0 Å². The van der Waals surface area contributed by atoms with Crippen LogP contribution in [0.15, 0.2) is 36.4 Å². The van der Waals surface area contributed by atoms with E-state index in [-0.39, 0.29) is 24.1 Å². The number of methoxy groups -OCH3 is 1. The van der Waals surface area contributed by atoms with E-state index >= 15 is 0 Å². The maximum atomic E-state index is 14.5. The van der Waals surface area contributed by atoms with Crippen LogP contribution in [-0.4, -0.2) is 87.5 Å². The minimum absolute atomic E-state index is 0.000552. The number of fused-ring (bicyclic) bond motifs is 7. The standard InChI is InChI=1S/C37H50N4O6S/c1-7-39(4)17-18-47-23-40(5)36(43)37-21-31(37)30-20-27(46-6)14-16-28(30)34-33(25-11-9-8-10-12-25)29-15-13-26(19-32(29)41(34)22-37)35(42)38-48(44,45)24(2)3/h13-16,19-20,24-25,31H,7-12,17-18,21-23H2,1-6H3,(H,38,42). The molecule has 2 unspecified atom stereocenters. The minimum atomic E-state index is -3.81. The quantitative estimate of drug-likeness (QED) is 0.193. The number of nitrogens with one attached hydrogen (secondary N) is 1. The van der Waals surface area contributed by atoms with Crippen molar-refractivity contribution in [3.8, 4) is 17.0 Å². The molecule has 0 spiro atoms. The number of benzene rings is 2. The summed E-state index contributed by atoms with van der Waals surface area (Å²) in [6.07, 6.45) is 6.38. The van der Waals surface area contributed by atoms with Crippen molar-refractivity contribution in [3.05, 3.63) is 53.1 Å².